The first-order chi connectivity index (χ1) is 13.5. The number of anilines is 1. The number of hydrogen-bond donors (Lipinski definition) is 2. The average molecular weight is 415 g/mol. The third kappa shape index (κ3) is 4.00. The van der Waals surface area contributed by atoms with Gasteiger partial charge in [-0.3, -0.25) is 14.5 Å². The maximum Gasteiger partial charge on any atom is 0.325 e. The van der Waals surface area contributed by atoms with Crippen LogP contribution in [0.25, 0.3) is 0 Å². The molecule has 1 aliphatic rings. The predicted molar refractivity (Wildman–Crippen MR) is 107 cm³/mol. The quantitative estimate of drug-likeness (QED) is 0.723. The Balaban J connectivity index is 1.73. The molecule has 0 radical (unpaired) electrons. The van der Waals surface area contributed by atoms with Crippen LogP contribution < -0.4 is 10.6 Å². The number of rotatable bonds is 5. The van der Waals surface area contributed by atoms with Crippen LogP contribution in [0.2, 0.25) is 0 Å². The normalized spacial score (nSPS) is 19.2. The van der Waals surface area contributed by atoms with Crippen molar-refractivity contribution in [2.45, 2.75) is 24.3 Å². The fourth-order valence-corrected chi connectivity index (χ4v) is 3.92. The van der Waals surface area contributed by atoms with Crippen LogP contribution in [0.4, 0.5) is 10.5 Å². The Morgan fingerprint density at radius 3 is 2.31 bits per heavy atom. The summed E-state index contributed by atoms with van der Waals surface area (Å²) in [7, 11) is -3.34. The van der Waals surface area contributed by atoms with Gasteiger partial charge in [-0.25, -0.2) is 13.2 Å². The van der Waals surface area contributed by atoms with Gasteiger partial charge >= 0.3 is 6.03 Å². The molecule has 1 saturated heterocycles. The van der Waals surface area contributed by atoms with Crippen LogP contribution in [-0.4, -0.2) is 44.0 Å². The maximum atomic E-state index is 12.9. The number of aryl methyl sites for hydroxylation is 1. The number of hydrogen-bond acceptors (Lipinski definition) is 5. The number of benzene rings is 2. The van der Waals surface area contributed by atoms with Gasteiger partial charge in [-0.1, -0.05) is 24.3 Å². The Morgan fingerprint density at radius 1 is 1.10 bits per heavy atom. The van der Waals surface area contributed by atoms with Crippen LogP contribution in [0.3, 0.4) is 0 Å². The zero-order valence-electron chi connectivity index (χ0n) is 16.2. The minimum Gasteiger partial charge on any atom is -0.325 e. The van der Waals surface area contributed by atoms with Crippen molar-refractivity contribution in [3.05, 3.63) is 59.7 Å². The molecule has 2 aromatic rings. The SMILES string of the molecule is Cc1ccccc1C1(C)NC(=O)N(CC(=O)Nc2ccc(S(C)(=O)=O)cc2)C1=O. The van der Waals surface area contributed by atoms with Gasteiger partial charge in [0.1, 0.15) is 12.1 Å². The average Bonchev–Trinajstić information content (AvgIpc) is 2.85. The molecular formula is C20H21N3O5S. The van der Waals surface area contributed by atoms with Gasteiger partial charge in [-0.05, 0) is 49.2 Å². The summed E-state index contributed by atoms with van der Waals surface area (Å²) in [6, 6.07) is 12.2. The third-order valence-corrected chi connectivity index (χ3v) is 5.96. The molecule has 29 heavy (non-hydrogen) atoms. The van der Waals surface area contributed by atoms with Crippen LogP contribution >= 0.6 is 0 Å². The molecule has 0 aliphatic carbocycles. The molecule has 2 aromatic carbocycles. The summed E-state index contributed by atoms with van der Waals surface area (Å²) in [5, 5.41) is 5.23. The van der Waals surface area contributed by atoms with Crippen molar-refractivity contribution in [3.63, 3.8) is 0 Å². The lowest BCUT2D eigenvalue weighted by molar-refractivity contribution is -0.133. The molecule has 152 valence electrons. The number of urea groups is 1. The zero-order chi connectivity index (χ0) is 21.4. The number of carbonyl (C=O) groups excluding carboxylic acids is 3. The Labute approximate surface area is 168 Å². The first-order valence-corrected chi connectivity index (χ1v) is 10.7. The van der Waals surface area contributed by atoms with Gasteiger partial charge in [0.05, 0.1) is 4.90 Å². The van der Waals surface area contributed by atoms with E-state index in [0.29, 0.717) is 11.3 Å². The molecule has 1 fully saturated rings. The fraction of sp³-hybridized carbons (Fsp3) is 0.250. The van der Waals surface area contributed by atoms with E-state index in [2.05, 4.69) is 10.6 Å². The molecule has 1 unspecified atom stereocenters. The van der Waals surface area contributed by atoms with Crippen LogP contribution in [0.15, 0.2) is 53.4 Å². The molecule has 1 aliphatic heterocycles. The van der Waals surface area contributed by atoms with Gasteiger partial charge in [-0.2, -0.15) is 0 Å². The highest BCUT2D eigenvalue weighted by atomic mass is 32.2. The van der Waals surface area contributed by atoms with Crippen molar-refractivity contribution in [2.24, 2.45) is 0 Å². The summed E-state index contributed by atoms with van der Waals surface area (Å²) in [5.74, 6) is -1.09. The highest BCUT2D eigenvalue weighted by Gasteiger charge is 2.49. The molecule has 8 nitrogen and oxygen atoms in total. The Bertz CT molecular complexity index is 1100. The Kier molecular flexibility index (Phi) is 5.18. The van der Waals surface area contributed by atoms with Crippen molar-refractivity contribution >= 4 is 33.4 Å². The largest absolute Gasteiger partial charge is 0.325 e. The number of amides is 4. The molecule has 3 rings (SSSR count). The van der Waals surface area contributed by atoms with E-state index in [4.69, 9.17) is 0 Å². The summed E-state index contributed by atoms with van der Waals surface area (Å²) >= 11 is 0. The smallest absolute Gasteiger partial charge is 0.325 e. The van der Waals surface area contributed by atoms with E-state index in [0.717, 1.165) is 16.7 Å². The van der Waals surface area contributed by atoms with Gasteiger partial charge in [0.25, 0.3) is 5.91 Å². The monoisotopic (exact) mass is 415 g/mol. The van der Waals surface area contributed by atoms with Crippen molar-refractivity contribution in [1.29, 1.82) is 0 Å². The second kappa shape index (κ2) is 7.32. The molecule has 0 bridgehead atoms. The van der Waals surface area contributed by atoms with Crippen LogP contribution in [-0.2, 0) is 25.0 Å². The van der Waals surface area contributed by atoms with Crippen molar-refractivity contribution < 1.29 is 22.8 Å². The minimum atomic E-state index is -3.34. The second-order valence-corrected chi connectivity index (χ2v) is 9.12. The van der Waals surface area contributed by atoms with E-state index in [1.807, 2.05) is 19.1 Å². The minimum absolute atomic E-state index is 0.124. The molecule has 2 N–H and O–H groups in total. The van der Waals surface area contributed by atoms with Crippen molar-refractivity contribution in [3.8, 4) is 0 Å². The molecule has 4 amide bonds. The first kappa shape index (κ1) is 20.5. The summed E-state index contributed by atoms with van der Waals surface area (Å²) in [5.41, 5.74) is 0.620. The maximum absolute atomic E-state index is 12.9. The fourth-order valence-electron chi connectivity index (χ4n) is 3.29. The van der Waals surface area contributed by atoms with Crippen LogP contribution in [0, 0.1) is 6.92 Å². The third-order valence-electron chi connectivity index (χ3n) is 4.83. The van der Waals surface area contributed by atoms with Gasteiger partial charge in [0.15, 0.2) is 9.84 Å². The lowest BCUT2D eigenvalue weighted by atomic mass is 9.88. The molecule has 1 atom stereocenters. The predicted octanol–water partition coefficient (Wildman–Crippen LogP) is 1.80. The van der Waals surface area contributed by atoms with Gasteiger partial charge in [0.2, 0.25) is 5.91 Å². The molecule has 0 saturated carbocycles. The summed E-state index contributed by atoms with van der Waals surface area (Å²) in [4.78, 5) is 38.6. The van der Waals surface area contributed by atoms with Crippen molar-refractivity contribution in [1.82, 2.24) is 10.2 Å². The highest BCUT2D eigenvalue weighted by molar-refractivity contribution is 7.90. The molecule has 0 spiro atoms. The van der Waals surface area contributed by atoms with E-state index in [-0.39, 0.29) is 4.90 Å². The molecule has 0 aromatic heterocycles. The number of carbonyl (C=O) groups is 3. The van der Waals surface area contributed by atoms with E-state index in [1.165, 1.54) is 24.3 Å². The molecule has 9 heteroatoms. The first-order valence-electron chi connectivity index (χ1n) is 8.82. The number of imide groups is 1. The number of sulfone groups is 1. The number of nitrogens with zero attached hydrogens (tertiary/aromatic N) is 1. The van der Waals surface area contributed by atoms with Gasteiger partial charge in [0, 0.05) is 11.9 Å². The summed E-state index contributed by atoms with van der Waals surface area (Å²) < 4.78 is 23.0. The lowest BCUT2D eigenvalue weighted by Crippen LogP contribution is -2.42. The van der Waals surface area contributed by atoms with Crippen molar-refractivity contribution in [2.75, 3.05) is 18.1 Å². The van der Waals surface area contributed by atoms with E-state index < -0.39 is 39.8 Å². The Morgan fingerprint density at radius 2 is 1.72 bits per heavy atom. The topological polar surface area (TPSA) is 113 Å². The zero-order valence-corrected chi connectivity index (χ0v) is 17.0. The highest BCUT2D eigenvalue weighted by Crippen LogP contribution is 2.30. The van der Waals surface area contributed by atoms with E-state index in [9.17, 15) is 22.8 Å². The van der Waals surface area contributed by atoms with Crippen LogP contribution in [0.1, 0.15) is 18.1 Å². The van der Waals surface area contributed by atoms with Crippen LogP contribution in [0.5, 0.6) is 0 Å². The van der Waals surface area contributed by atoms with E-state index in [1.54, 1.807) is 19.1 Å². The summed E-state index contributed by atoms with van der Waals surface area (Å²) in [6.45, 7) is 2.99. The van der Waals surface area contributed by atoms with E-state index >= 15 is 0 Å². The number of nitrogens with one attached hydrogen (secondary N) is 2. The standard InChI is InChI=1S/C20H21N3O5S/c1-13-6-4-5-7-16(13)20(2)18(25)23(19(26)22-20)12-17(24)21-14-8-10-15(11-9-14)29(3,27)28/h4-11H,12H2,1-3H3,(H,21,24)(H,22,26). The summed E-state index contributed by atoms with van der Waals surface area (Å²) in [6.07, 6.45) is 1.09. The second-order valence-electron chi connectivity index (χ2n) is 7.11. The Hall–Kier alpha value is -3.20. The van der Waals surface area contributed by atoms with Gasteiger partial charge in [-0.15, -0.1) is 0 Å². The molecular weight excluding hydrogens is 394 g/mol. The van der Waals surface area contributed by atoms with Gasteiger partial charge < -0.3 is 10.6 Å². The lowest BCUT2D eigenvalue weighted by Gasteiger charge is -2.24. The molecule has 1 heterocycles.